The molecule has 1 unspecified atom stereocenters. The van der Waals surface area contributed by atoms with E-state index < -0.39 is 0 Å². The Bertz CT molecular complexity index is 477. The SMILES string of the molecule is c1cnn2c(CC3CSCCN3)nnc2c1. The van der Waals surface area contributed by atoms with E-state index in [0.29, 0.717) is 6.04 Å². The van der Waals surface area contributed by atoms with E-state index in [1.54, 1.807) is 6.20 Å². The van der Waals surface area contributed by atoms with Crippen molar-refractivity contribution in [2.45, 2.75) is 12.5 Å². The standard InChI is InChI=1S/C10H13N5S/c1-2-9-13-14-10(15(9)12-3-1)6-8-7-16-5-4-11-8/h1-3,8,11H,4-7H2. The zero-order valence-corrected chi connectivity index (χ0v) is 9.65. The quantitative estimate of drug-likeness (QED) is 0.815. The molecule has 6 heteroatoms. The van der Waals surface area contributed by atoms with E-state index in [-0.39, 0.29) is 0 Å². The molecule has 3 heterocycles. The van der Waals surface area contributed by atoms with E-state index >= 15 is 0 Å². The van der Waals surface area contributed by atoms with E-state index in [2.05, 4.69) is 20.6 Å². The van der Waals surface area contributed by atoms with Crippen molar-refractivity contribution >= 4 is 17.4 Å². The molecule has 0 spiro atoms. The number of hydrogen-bond donors (Lipinski definition) is 1. The minimum atomic E-state index is 0.494. The summed E-state index contributed by atoms with van der Waals surface area (Å²) in [6, 6.07) is 4.29. The van der Waals surface area contributed by atoms with Crippen LogP contribution in [-0.4, -0.2) is 43.9 Å². The molecule has 1 atom stereocenters. The molecule has 0 radical (unpaired) electrons. The van der Waals surface area contributed by atoms with Crippen molar-refractivity contribution in [3.8, 4) is 0 Å². The van der Waals surface area contributed by atoms with Crippen molar-refractivity contribution in [3.63, 3.8) is 0 Å². The third kappa shape index (κ3) is 1.90. The van der Waals surface area contributed by atoms with Gasteiger partial charge >= 0.3 is 0 Å². The van der Waals surface area contributed by atoms with Crippen molar-refractivity contribution < 1.29 is 0 Å². The van der Waals surface area contributed by atoms with Crippen molar-refractivity contribution in [2.75, 3.05) is 18.1 Å². The van der Waals surface area contributed by atoms with Crippen LogP contribution in [0, 0.1) is 0 Å². The van der Waals surface area contributed by atoms with Crippen LogP contribution in [0.15, 0.2) is 18.3 Å². The lowest BCUT2D eigenvalue weighted by Gasteiger charge is -2.21. The highest BCUT2D eigenvalue weighted by atomic mass is 32.2. The van der Waals surface area contributed by atoms with Crippen molar-refractivity contribution in [1.29, 1.82) is 0 Å². The van der Waals surface area contributed by atoms with Gasteiger partial charge in [-0.05, 0) is 12.1 Å². The number of hydrogen-bond acceptors (Lipinski definition) is 5. The second-order valence-corrected chi connectivity index (χ2v) is 4.99. The average Bonchev–Trinajstić information content (AvgIpc) is 2.74. The summed E-state index contributed by atoms with van der Waals surface area (Å²) in [5, 5.41) is 16.0. The molecule has 0 aromatic carbocycles. The minimum absolute atomic E-state index is 0.494. The molecule has 3 rings (SSSR count). The predicted molar refractivity (Wildman–Crippen MR) is 63.6 cm³/mol. The third-order valence-electron chi connectivity index (χ3n) is 2.67. The number of rotatable bonds is 2. The molecule has 5 nitrogen and oxygen atoms in total. The Labute approximate surface area is 97.6 Å². The van der Waals surface area contributed by atoms with Gasteiger partial charge in [-0.1, -0.05) is 0 Å². The van der Waals surface area contributed by atoms with Gasteiger partial charge in [0.1, 0.15) is 0 Å². The van der Waals surface area contributed by atoms with E-state index in [1.807, 2.05) is 28.4 Å². The van der Waals surface area contributed by atoms with Gasteiger partial charge in [0, 0.05) is 36.7 Å². The summed E-state index contributed by atoms with van der Waals surface area (Å²) in [5.41, 5.74) is 0.820. The molecular formula is C10H13N5S. The van der Waals surface area contributed by atoms with Crippen LogP contribution < -0.4 is 5.32 Å². The minimum Gasteiger partial charge on any atom is -0.312 e. The van der Waals surface area contributed by atoms with Gasteiger partial charge in [-0.2, -0.15) is 21.4 Å². The van der Waals surface area contributed by atoms with Crippen molar-refractivity contribution in [2.24, 2.45) is 0 Å². The summed E-state index contributed by atoms with van der Waals surface area (Å²) in [4.78, 5) is 0. The largest absolute Gasteiger partial charge is 0.312 e. The highest BCUT2D eigenvalue weighted by molar-refractivity contribution is 7.99. The van der Waals surface area contributed by atoms with Gasteiger partial charge in [0.05, 0.1) is 0 Å². The maximum Gasteiger partial charge on any atom is 0.177 e. The molecule has 0 bridgehead atoms. The lowest BCUT2D eigenvalue weighted by Crippen LogP contribution is -2.39. The molecular weight excluding hydrogens is 222 g/mol. The lowest BCUT2D eigenvalue weighted by atomic mass is 10.2. The third-order valence-corrected chi connectivity index (χ3v) is 3.80. The molecule has 0 amide bonds. The average molecular weight is 235 g/mol. The Morgan fingerprint density at radius 2 is 2.50 bits per heavy atom. The molecule has 16 heavy (non-hydrogen) atoms. The Morgan fingerprint density at radius 1 is 1.50 bits per heavy atom. The second kappa shape index (κ2) is 4.39. The number of aromatic nitrogens is 4. The molecule has 2 aromatic heterocycles. The Balaban J connectivity index is 1.83. The fourth-order valence-corrected chi connectivity index (χ4v) is 2.84. The van der Waals surface area contributed by atoms with E-state index in [9.17, 15) is 0 Å². The van der Waals surface area contributed by atoms with Crippen LogP contribution in [0.4, 0.5) is 0 Å². The summed E-state index contributed by atoms with van der Waals surface area (Å²) in [6.45, 7) is 1.08. The Morgan fingerprint density at radius 3 is 3.38 bits per heavy atom. The summed E-state index contributed by atoms with van der Waals surface area (Å²) in [7, 11) is 0. The molecule has 1 saturated heterocycles. The van der Waals surface area contributed by atoms with Gasteiger partial charge in [-0.15, -0.1) is 10.2 Å². The Kier molecular flexibility index (Phi) is 2.75. The lowest BCUT2D eigenvalue weighted by molar-refractivity contribution is 0.543. The number of nitrogens with zero attached hydrogens (tertiary/aromatic N) is 4. The van der Waals surface area contributed by atoms with Crippen LogP contribution in [0.25, 0.3) is 5.65 Å². The molecule has 1 fully saturated rings. The molecule has 84 valence electrons. The van der Waals surface area contributed by atoms with Gasteiger partial charge in [-0.25, -0.2) is 0 Å². The van der Waals surface area contributed by atoms with E-state index in [1.165, 1.54) is 5.75 Å². The van der Waals surface area contributed by atoms with Crippen LogP contribution >= 0.6 is 11.8 Å². The highest BCUT2D eigenvalue weighted by Crippen LogP contribution is 2.11. The molecule has 0 aliphatic carbocycles. The summed E-state index contributed by atoms with van der Waals surface area (Å²) < 4.78 is 1.82. The highest BCUT2D eigenvalue weighted by Gasteiger charge is 2.16. The summed E-state index contributed by atoms with van der Waals surface area (Å²) in [5.74, 6) is 3.28. The number of thioether (sulfide) groups is 1. The molecule has 1 aliphatic heterocycles. The first-order valence-corrected chi connectivity index (χ1v) is 6.55. The monoisotopic (exact) mass is 235 g/mol. The maximum atomic E-state index is 4.26. The van der Waals surface area contributed by atoms with Crippen molar-refractivity contribution in [3.05, 3.63) is 24.2 Å². The van der Waals surface area contributed by atoms with Crippen LogP contribution in [0.3, 0.4) is 0 Å². The first-order chi connectivity index (χ1) is 7.93. The number of nitrogens with one attached hydrogen (secondary N) is 1. The number of fused-ring (bicyclic) bond motifs is 1. The van der Waals surface area contributed by atoms with Crippen molar-refractivity contribution in [1.82, 2.24) is 25.1 Å². The maximum absolute atomic E-state index is 4.26. The van der Waals surface area contributed by atoms with Crippen LogP contribution in [0.5, 0.6) is 0 Å². The van der Waals surface area contributed by atoms with Crippen LogP contribution in [-0.2, 0) is 6.42 Å². The molecule has 2 aromatic rings. The first kappa shape index (κ1) is 10.0. The molecule has 1 aliphatic rings. The van der Waals surface area contributed by atoms with Gasteiger partial charge in [-0.3, -0.25) is 0 Å². The fraction of sp³-hybridized carbons (Fsp3) is 0.500. The second-order valence-electron chi connectivity index (χ2n) is 3.84. The van der Waals surface area contributed by atoms with Gasteiger partial charge < -0.3 is 5.32 Å². The first-order valence-electron chi connectivity index (χ1n) is 5.40. The smallest absolute Gasteiger partial charge is 0.177 e. The zero-order chi connectivity index (χ0) is 10.8. The van der Waals surface area contributed by atoms with E-state index in [0.717, 1.165) is 30.2 Å². The normalized spacial score (nSPS) is 21.4. The van der Waals surface area contributed by atoms with Gasteiger partial charge in [0.2, 0.25) is 0 Å². The van der Waals surface area contributed by atoms with Crippen LogP contribution in [0.2, 0.25) is 0 Å². The molecule has 0 saturated carbocycles. The summed E-state index contributed by atoms with van der Waals surface area (Å²) >= 11 is 1.99. The topological polar surface area (TPSA) is 55.1 Å². The summed E-state index contributed by atoms with van der Waals surface area (Å²) in [6.07, 6.45) is 2.66. The van der Waals surface area contributed by atoms with Gasteiger partial charge in [0.15, 0.2) is 11.5 Å². The zero-order valence-electron chi connectivity index (χ0n) is 8.83. The van der Waals surface area contributed by atoms with Gasteiger partial charge in [0.25, 0.3) is 0 Å². The van der Waals surface area contributed by atoms with Crippen LogP contribution in [0.1, 0.15) is 5.82 Å². The predicted octanol–water partition coefficient (Wildman–Crippen LogP) is 0.372. The molecule has 1 N–H and O–H groups in total. The van der Waals surface area contributed by atoms with E-state index in [4.69, 9.17) is 0 Å². The fourth-order valence-electron chi connectivity index (χ4n) is 1.89. The Hall–Kier alpha value is -1.14.